The molecule has 1 atom stereocenters. The van der Waals surface area contributed by atoms with Crippen molar-refractivity contribution in [3.05, 3.63) is 53.6 Å². The Morgan fingerprint density at radius 3 is 2.55 bits per heavy atom. The highest BCUT2D eigenvalue weighted by Gasteiger charge is 2.45. The molecule has 2 aromatic rings. The Kier molecular flexibility index (Phi) is 6.21. The number of fused-ring (bicyclic) bond motifs is 2. The molecular formula is C27H34N2O2S2. The molecule has 2 aliphatic carbocycles. The zero-order valence-corrected chi connectivity index (χ0v) is 21.5. The molecule has 1 amide bonds. The molecule has 1 spiro atoms. The highest BCUT2D eigenvalue weighted by atomic mass is 32.2. The first-order valence-corrected chi connectivity index (χ1v) is 14.2. The highest BCUT2D eigenvalue weighted by molar-refractivity contribution is 8.00. The lowest BCUT2D eigenvalue weighted by Crippen LogP contribution is -2.38. The lowest BCUT2D eigenvalue weighted by Gasteiger charge is -2.34. The molecule has 2 aromatic carbocycles. The summed E-state index contributed by atoms with van der Waals surface area (Å²) in [5.41, 5.74) is 2.85. The molecule has 1 aliphatic heterocycles. The number of rotatable bonds is 5. The molecule has 3 aliphatic rings. The molecule has 0 saturated heterocycles. The predicted molar refractivity (Wildman–Crippen MR) is 137 cm³/mol. The van der Waals surface area contributed by atoms with Crippen molar-refractivity contribution < 1.29 is 9.00 Å². The number of benzene rings is 2. The fourth-order valence-electron chi connectivity index (χ4n) is 5.17. The van der Waals surface area contributed by atoms with Crippen LogP contribution in [0.1, 0.15) is 81.6 Å². The average Bonchev–Trinajstić information content (AvgIpc) is 3.55. The molecule has 1 heterocycles. The lowest BCUT2D eigenvalue weighted by atomic mass is 9.71. The van der Waals surface area contributed by atoms with E-state index >= 15 is 0 Å². The number of thioether (sulfide) groups is 1. The van der Waals surface area contributed by atoms with Gasteiger partial charge in [-0.15, -0.1) is 11.8 Å². The molecule has 0 aromatic heterocycles. The molecule has 6 heteroatoms. The van der Waals surface area contributed by atoms with Crippen molar-refractivity contribution in [3.63, 3.8) is 0 Å². The van der Waals surface area contributed by atoms with Gasteiger partial charge in [0.15, 0.2) is 0 Å². The molecular weight excluding hydrogens is 448 g/mol. The van der Waals surface area contributed by atoms with Crippen LogP contribution in [0.25, 0.3) is 0 Å². The van der Waals surface area contributed by atoms with E-state index < -0.39 is 11.0 Å². The Morgan fingerprint density at radius 1 is 1.09 bits per heavy atom. The summed E-state index contributed by atoms with van der Waals surface area (Å²) in [7, 11) is -1.36. The van der Waals surface area contributed by atoms with Crippen molar-refractivity contribution in [3.8, 4) is 0 Å². The molecule has 1 N–H and O–H groups in total. The first kappa shape index (κ1) is 23.1. The van der Waals surface area contributed by atoms with Crippen LogP contribution in [0.3, 0.4) is 0 Å². The Morgan fingerprint density at radius 2 is 1.85 bits per heavy atom. The summed E-state index contributed by atoms with van der Waals surface area (Å²) in [4.78, 5) is 17.7. The van der Waals surface area contributed by atoms with Gasteiger partial charge in [-0.1, -0.05) is 25.3 Å². The van der Waals surface area contributed by atoms with E-state index in [2.05, 4.69) is 22.9 Å². The van der Waals surface area contributed by atoms with Crippen LogP contribution in [-0.2, 0) is 16.4 Å². The maximum Gasteiger partial charge on any atom is 0.258 e. The third-order valence-corrected chi connectivity index (χ3v) is 9.68. The van der Waals surface area contributed by atoms with Gasteiger partial charge in [0.25, 0.3) is 5.91 Å². The number of carbonyl (C=O) groups excluding carboxylic acids is 1. The molecule has 0 bridgehead atoms. The van der Waals surface area contributed by atoms with Gasteiger partial charge in [-0.3, -0.25) is 4.79 Å². The molecule has 2 saturated carbocycles. The minimum atomic E-state index is -1.36. The summed E-state index contributed by atoms with van der Waals surface area (Å²) in [6, 6.07) is 14.1. The van der Waals surface area contributed by atoms with Gasteiger partial charge in [0.1, 0.15) is 11.0 Å². The van der Waals surface area contributed by atoms with Crippen molar-refractivity contribution in [1.82, 2.24) is 4.72 Å². The van der Waals surface area contributed by atoms with Crippen molar-refractivity contribution in [2.45, 2.75) is 91.7 Å². The molecule has 4 nitrogen and oxygen atoms in total. The second kappa shape index (κ2) is 8.86. The normalized spacial score (nSPS) is 20.6. The van der Waals surface area contributed by atoms with Crippen LogP contribution in [-0.4, -0.2) is 27.4 Å². The fraction of sp³-hybridized carbons (Fsp3) is 0.519. The Labute approximate surface area is 204 Å². The first-order valence-electron chi connectivity index (χ1n) is 12.2. The fourth-order valence-corrected chi connectivity index (χ4v) is 7.37. The van der Waals surface area contributed by atoms with Crippen LogP contribution in [0.15, 0.2) is 52.3 Å². The standard InChI is InChI=1S/C27H34N2O2S2/c1-26(2,3)28-33(31)22-9-7-8-19(16-22)25(30)29-18-27(14-5-4-6-15-27)23-17-21(12-13-24(23)29)32-20-10-11-20/h7-9,12-13,16-17,20,28H,4-6,10-11,14-15,18H2,1-3H3. The van der Waals surface area contributed by atoms with E-state index in [0.717, 1.165) is 30.3 Å². The second-order valence-corrected chi connectivity index (χ2v) is 13.5. The summed E-state index contributed by atoms with van der Waals surface area (Å²) in [6.45, 7) is 6.72. The van der Waals surface area contributed by atoms with Gasteiger partial charge in [0.05, 0.1) is 4.90 Å². The largest absolute Gasteiger partial charge is 0.307 e. The van der Waals surface area contributed by atoms with Crippen LogP contribution in [0.5, 0.6) is 0 Å². The van der Waals surface area contributed by atoms with Gasteiger partial charge in [-0.2, -0.15) is 0 Å². The third kappa shape index (κ3) is 4.94. The number of hydrogen-bond donors (Lipinski definition) is 1. The van der Waals surface area contributed by atoms with E-state index in [1.807, 2.05) is 55.6 Å². The van der Waals surface area contributed by atoms with E-state index in [1.165, 1.54) is 42.6 Å². The quantitative estimate of drug-likeness (QED) is 0.551. The molecule has 33 heavy (non-hydrogen) atoms. The Balaban J connectivity index is 1.46. The molecule has 5 rings (SSSR count). The van der Waals surface area contributed by atoms with Gasteiger partial charge in [0.2, 0.25) is 0 Å². The zero-order valence-electron chi connectivity index (χ0n) is 19.9. The summed E-state index contributed by atoms with van der Waals surface area (Å²) in [5.74, 6) is 0.0101. The number of anilines is 1. The Bertz CT molecular complexity index is 1080. The van der Waals surface area contributed by atoms with E-state index in [9.17, 15) is 9.00 Å². The van der Waals surface area contributed by atoms with Gasteiger partial charge < -0.3 is 4.90 Å². The summed E-state index contributed by atoms with van der Waals surface area (Å²) >= 11 is 1.99. The molecule has 176 valence electrons. The minimum absolute atomic E-state index is 0.0101. The lowest BCUT2D eigenvalue weighted by molar-refractivity contribution is 0.0982. The number of amides is 1. The topological polar surface area (TPSA) is 49.4 Å². The Hall–Kier alpha value is -1.63. The van der Waals surface area contributed by atoms with Crippen LogP contribution in [0, 0.1) is 0 Å². The maximum absolute atomic E-state index is 13.8. The predicted octanol–water partition coefficient (Wildman–Crippen LogP) is 6.21. The van der Waals surface area contributed by atoms with E-state index in [1.54, 1.807) is 6.07 Å². The van der Waals surface area contributed by atoms with Crippen LogP contribution < -0.4 is 9.62 Å². The van der Waals surface area contributed by atoms with Gasteiger partial charge in [-0.05, 0) is 88.4 Å². The van der Waals surface area contributed by atoms with E-state index in [0.29, 0.717) is 10.5 Å². The number of carbonyl (C=O) groups is 1. The summed E-state index contributed by atoms with van der Waals surface area (Å²) in [5, 5.41) is 0.773. The average molecular weight is 483 g/mol. The van der Waals surface area contributed by atoms with Gasteiger partial charge in [-0.25, -0.2) is 8.93 Å². The van der Waals surface area contributed by atoms with Crippen molar-refractivity contribution >= 4 is 34.3 Å². The van der Waals surface area contributed by atoms with Crippen LogP contribution in [0.2, 0.25) is 0 Å². The summed E-state index contributed by atoms with van der Waals surface area (Å²) < 4.78 is 15.9. The van der Waals surface area contributed by atoms with Crippen LogP contribution >= 0.6 is 11.8 Å². The maximum atomic E-state index is 13.8. The van der Waals surface area contributed by atoms with Gasteiger partial charge >= 0.3 is 0 Å². The smallest absolute Gasteiger partial charge is 0.258 e. The van der Waals surface area contributed by atoms with Crippen molar-refractivity contribution in [1.29, 1.82) is 0 Å². The highest BCUT2D eigenvalue weighted by Crippen LogP contribution is 2.51. The van der Waals surface area contributed by atoms with Crippen LogP contribution in [0.4, 0.5) is 5.69 Å². The van der Waals surface area contributed by atoms with Crippen molar-refractivity contribution in [2.24, 2.45) is 0 Å². The summed E-state index contributed by atoms with van der Waals surface area (Å²) in [6.07, 6.45) is 8.69. The molecule has 1 unspecified atom stereocenters. The molecule has 0 radical (unpaired) electrons. The SMILES string of the molecule is CC(C)(C)NS(=O)c1cccc(C(=O)N2CC3(CCCCC3)c3cc(SC4CC4)ccc32)c1. The number of hydrogen-bond acceptors (Lipinski definition) is 3. The minimum Gasteiger partial charge on any atom is -0.307 e. The second-order valence-electron chi connectivity index (χ2n) is 10.9. The number of nitrogens with zero attached hydrogens (tertiary/aromatic N) is 1. The molecule has 2 fully saturated rings. The van der Waals surface area contributed by atoms with Crippen molar-refractivity contribution in [2.75, 3.05) is 11.4 Å². The third-order valence-electron chi connectivity index (χ3n) is 6.87. The monoisotopic (exact) mass is 482 g/mol. The van der Waals surface area contributed by atoms with E-state index in [-0.39, 0.29) is 16.9 Å². The van der Waals surface area contributed by atoms with Gasteiger partial charge in [0, 0.05) is 38.9 Å². The number of nitrogens with one attached hydrogen (secondary N) is 1. The van der Waals surface area contributed by atoms with E-state index in [4.69, 9.17) is 0 Å². The first-order chi connectivity index (χ1) is 15.7. The zero-order chi connectivity index (χ0) is 23.2.